The van der Waals surface area contributed by atoms with E-state index in [0.717, 1.165) is 0 Å². The molecule has 0 aromatic heterocycles. The van der Waals surface area contributed by atoms with Crippen LogP contribution < -0.4 is 10.6 Å². The molecule has 21 heavy (non-hydrogen) atoms. The Kier molecular flexibility index (Phi) is 4.57. The summed E-state index contributed by atoms with van der Waals surface area (Å²) in [6, 6.07) is 9.54. The lowest BCUT2D eigenvalue weighted by Crippen LogP contribution is -2.23. The number of nitrogen functional groups attached to an aromatic ring is 1. The van der Waals surface area contributed by atoms with Crippen LogP contribution in [0.4, 0.5) is 14.5 Å². The summed E-state index contributed by atoms with van der Waals surface area (Å²) >= 11 is 3.05. The van der Waals surface area contributed by atoms with Crippen molar-refractivity contribution in [3.63, 3.8) is 0 Å². The molecule has 0 heterocycles. The highest BCUT2D eigenvalue weighted by Gasteiger charge is 2.16. The smallest absolute Gasteiger partial charge is 0.145 e. The van der Waals surface area contributed by atoms with Gasteiger partial charge in [-0.3, -0.25) is 5.41 Å². The molecule has 2 aromatic rings. The van der Waals surface area contributed by atoms with Gasteiger partial charge in [-0.15, -0.1) is 0 Å². The normalized spacial score (nSPS) is 10.5. The highest BCUT2D eigenvalue weighted by atomic mass is 79.9. The van der Waals surface area contributed by atoms with Gasteiger partial charge in [0.25, 0.3) is 0 Å². The lowest BCUT2D eigenvalue weighted by molar-refractivity contribution is 0.549. The van der Waals surface area contributed by atoms with Gasteiger partial charge in [0.05, 0.1) is 4.47 Å². The molecule has 2 aromatic carbocycles. The summed E-state index contributed by atoms with van der Waals surface area (Å²) in [5, 5.41) is 7.56. The largest absolute Gasteiger partial charge is 0.384 e. The summed E-state index contributed by atoms with van der Waals surface area (Å²) in [6.07, 6.45) is 0. The number of hydrogen-bond donors (Lipinski definition) is 2. The predicted octanol–water partition coefficient (Wildman–Crippen LogP) is 3.65. The Hall–Kier alpha value is -1.95. The molecule has 6 heteroatoms. The lowest BCUT2D eigenvalue weighted by atomic mass is 10.1. The van der Waals surface area contributed by atoms with Crippen molar-refractivity contribution >= 4 is 27.5 Å². The van der Waals surface area contributed by atoms with Gasteiger partial charge in [0.2, 0.25) is 0 Å². The zero-order valence-corrected chi connectivity index (χ0v) is 12.9. The molecule has 0 fully saturated rings. The lowest BCUT2D eigenvalue weighted by Gasteiger charge is -2.22. The summed E-state index contributed by atoms with van der Waals surface area (Å²) in [7, 11) is 1.70. The van der Waals surface area contributed by atoms with Crippen LogP contribution in [0.2, 0.25) is 0 Å². The molecule has 110 valence electrons. The van der Waals surface area contributed by atoms with Gasteiger partial charge >= 0.3 is 0 Å². The number of nitrogens with zero attached hydrogens (tertiary/aromatic N) is 1. The van der Waals surface area contributed by atoms with E-state index in [1.54, 1.807) is 36.2 Å². The molecule has 3 nitrogen and oxygen atoms in total. The molecule has 0 saturated carbocycles. The van der Waals surface area contributed by atoms with E-state index in [2.05, 4.69) is 15.9 Å². The average molecular weight is 354 g/mol. The fraction of sp³-hybridized carbons (Fsp3) is 0.133. The summed E-state index contributed by atoms with van der Waals surface area (Å²) in [5.74, 6) is -1.32. The second-order valence-corrected chi connectivity index (χ2v) is 5.46. The van der Waals surface area contributed by atoms with E-state index < -0.39 is 11.6 Å². The fourth-order valence-corrected chi connectivity index (χ4v) is 2.44. The van der Waals surface area contributed by atoms with Crippen molar-refractivity contribution < 1.29 is 8.78 Å². The SMILES string of the molecule is CN(Cc1c(F)ccc(Br)c1F)c1ccccc1C(=N)N. The molecule has 0 aliphatic rings. The maximum Gasteiger partial charge on any atom is 0.145 e. The fourth-order valence-electron chi connectivity index (χ4n) is 2.07. The first-order chi connectivity index (χ1) is 9.91. The predicted molar refractivity (Wildman–Crippen MR) is 83.6 cm³/mol. The van der Waals surface area contributed by atoms with Crippen LogP contribution in [-0.2, 0) is 6.54 Å². The van der Waals surface area contributed by atoms with Gasteiger partial charge in [0, 0.05) is 30.4 Å². The van der Waals surface area contributed by atoms with E-state index in [1.807, 2.05) is 0 Å². The van der Waals surface area contributed by atoms with Crippen molar-refractivity contribution in [3.8, 4) is 0 Å². The van der Waals surface area contributed by atoms with Gasteiger partial charge in [-0.1, -0.05) is 12.1 Å². The minimum Gasteiger partial charge on any atom is -0.384 e. The van der Waals surface area contributed by atoms with Crippen molar-refractivity contribution in [1.29, 1.82) is 5.41 Å². The maximum atomic E-state index is 14.0. The summed E-state index contributed by atoms with van der Waals surface area (Å²) in [6.45, 7) is 0.0292. The van der Waals surface area contributed by atoms with Crippen molar-refractivity contribution in [2.75, 3.05) is 11.9 Å². The number of nitrogens with two attached hydrogens (primary N) is 1. The second-order valence-electron chi connectivity index (χ2n) is 4.61. The molecule has 0 amide bonds. The minimum atomic E-state index is -0.623. The van der Waals surface area contributed by atoms with Gasteiger partial charge in [0.15, 0.2) is 0 Å². The van der Waals surface area contributed by atoms with Crippen LogP contribution in [0.5, 0.6) is 0 Å². The molecule has 0 radical (unpaired) electrons. The highest BCUT2D eigenvalue weighted by Crippen LogP contribution is 2.26. The van der Waals surface area contributed by atoms with E-state index in [0.29, 0.717) is 11.3 Å². The summed E-state index contributed by atoms with van der Waals surface area (Å²) in [5.41, 5.74) is 6.66. The summed E-state index contributed by atoms with van der Waals surface area (Å²) in [4.78, 5) is 1.66. The first-order valence-electron chi connectivity index (χ1n) is 6.18. The third-order valence-electron chi connectivity index (χ3n) is 3.14. The zero-order valence-electron chi connectivity index (χ0n) is 11.3. The molecule has 0 unspecified atom stereocenters. The quantitative estimate of drug-likeness (QED) is 0.500. The van der Waals surface area contributed by atoms with Crippen molar-refractivity contribution in [2.45, 2.75) is 6.54 Å². The van der Waals surface area contributed by atoms with Crippen molar-refractivity contribution in [3.05, 3.63) is 63.6 Å². The molecule has 0 spiro atoms. The molecule has 0 bridgehead atoms. The first kappa shape index (κ1) is 15.4. The van der Waals surface area contributed by atoms with Gasteiger partial charge in [-0.2, -0.15) is 0 Å². The Labute approximate surface area is 130 Å². The Morgan fingerprint density at radius 1 is 1.24 bits per heavy atom. The molecule has 3 N–H and O–H groups in total. The number of amidine groups is 1. The summed E-state index contributed by atoms with van der Waals surface area (Å²) < 4.78 is 28.0. The molecular weight excluding hydrogens is 340 g/mol. The molecular formula is C15H14BrF2N3. The monoisotopic (exact) mass is 353 g/mol. The van der Waals surface area contributed by atoms with E-state index in [9.17, 15) is 8.78 Å². The van der Waals surface area contributed by atoms with E-state index in [-0.39, 0.29) is 22.4 Å². The minimum absolute atomic E-state index is 0.0292. The number of rotatable bonds is 4. The average Bonchev–Trinajstić information content (AvgIpc) is 2.47. The Morgan fingerprint density at radius 2 is 1.90 bits per heavy atom. The third-order valence-corrected chi connectivity index (χ3v) is 3.75. The molecule has 0 atom stereocenters. The topological polar surface area (TPSA) is 53.1 Å². The van der Waals surface area contributed by atoms with Crippen LogP contribution in [0.1, 0.15) is 11.1 Å². The van der Waals surface area contributed by atoms with Crippen molar-refractivity contribution in [1.82, 2.24) is 0 Å². The number of para-hydroxylation sites is 1. The van der Waals surface area contributed by atoms with Crippen molar-refractivity contribution in [2.24, 2.45) is 5.73 Å². The molecule has 0 aliphatic heterocycles. The number of benzene rings is 2. The van der Waals surface area contributed by atoms with Gasteiger partial charge in [0.1, 0.15) is 17.5 Å². The van der Waals surface area contributed by atoms with Crippen LogP contribution >= 0.6 is 15.9 Å². The van der Waals surface area contributed by atoms with Crippen LogP contribution in [0.15, 0.2) is 40.9 Å². The number of nitrogens with one attached hydrogen (secondary N) is 1. The van der Waals surface area contributed by atoms with E-state index in [1.165, 1.54) is 12.1 Å². The van der Waals surface area contributed by atoms with Crippen LogP contribution in [0, 0.1) is 17.0 Å². The number of anilines is 1. The Balaban J connectivity index is 2.37. The Bertz CT molecular complexity index is 689. The third kappa shape index (κ3) is 3.21. The van der Waals surface area contributed by atoms with Crippen LogP contribution in [0.25, 0.3) is 0 Å². The standard InChI is InChI=1S/C15H14BrF2N3/c1-21(13-5-3-2-4-9(13)15(19)20)8-10-12(17)7-6-11(16)14(10)18/h2-7H,8H2,1H3,(H3,19,20). The number of hydrogen-bond acceptors (Lipinski definition) is 2. The van der Waals surface area contributed by atoms with Gasteiger partial charge in [-0.25, -0.2) is 8.78 Å². The Morgan fingerprint density at radius 3 is 2.57 bits per heavy atom. The van der Waals surface area contributed by atoms with Gasteiger partial charge < -0.3 is 10.6 Å². The van der Waals surface area contributed by atoms with Gasteiger partial charge in [-0.05, 0) is 40.2 Å². The first-order valence-corrected chi connectivity index (χ1v) is 6.98. The van der Waals surface area contributed by atoms with E-state index in [4.69, 9.17) is 11.1 Å². The second kappa shape index (κ2) is 6.22. The molecule has 2 rings (SSSR count). The van der Waals surface area contributed by atoms with Crippen LogP contribution in [0.3, 0.4) is 0 Å². The maximum absolute atomic E-state index is 14.0. The number of halogens is 3. The zero-order chi connectivity index (χ0) is 15.6. The molecule has 0 saturated heterocycles. The molecule has 0 aliphatic carbocycles. The highest BCUT2D eigenvalue weighted by molar-refractivity contribution is 9.10. The van der Waals surface area contributed by atoms with E-state index >= 15 is 0 Å². The van der Waals surface area contributed by atoms with Crippen LogP contribution in [-0.4, -0.2) is 12.9 Å².